The van der Waals surface area contributed by atoms with Gasteiger partial charge in [0.1, 0.15) is 5.75 Å². The van der Waals surface area contributed by atoms with Crippen molar-refractivity contribution in [3.05, 3.63) is 65.7 Å². The Kier molecular flexibility index (Phi) is 2.97. The summed E-state index contributed by atoms with van der Waals surface area (Å²) in [6.45, 7) is -2.88. The number of rotatable bonds is 4. The Labute approximate surface area is 128 Å². The van der Waals surface area contributed by atoms with Crippen molar-refractivity contribution in [3.63, 3.8) is 0 Å². The van der Waals surface area contributed by atoms with Crippen molar-refractivity contribution in [1.82, 2.24) is 5.06 Å². The van der Waals surface area contributed by atoms with E-state index in [-0.39, 0.29) is 21.9 Å². The average molecular weight is 299 g/mol. The standard InChI is InChI=1S/C16H11NO5/c18-14(10-21-11-6-2-1-3-7-11)22-17-15(19)12-8-4-5-9-13(12)16(17)20/h1-9H,10H2/i10D2. The van der Waals surface area contributed by atoms with Gasteiger partial charge in [0, 0.05) is 0 Å². The highest BCUT2D eigenvalue weighted by molar-refractivity contribution is 6.20. The fourth-order valence-electron chi connectivity index (χ4n) is 1.94. The number of amides is 2. The number of hydroxylamine groups is 2. The Morgan fingerprint density at radius 3 is 2.09 bits per heavy atom. The van der Waals surface area contributed by atoms with Gasteiger partial charge in [-0.3, -0.25) is 9.59 Å². The maximum absolute atomic E-state index is 12.1. The lowest BCUT2D eigenvalue weighted by atomic mass is 10.1. The summed E-state index contributed by atoms with van der Waals surface area (Å²) in [5.41, 5.74) is 0.166. The molecular weight excluding hydrogens is 286 g/mol. The van der Waals surface area contributed by atoms with Gasteiger partial charge in [-0.25, -0.2) is 4.79 Å². The Balaban J connectivity index is 1.75. The molecule has 22 heavy (non-hydrogen) atoms. The third-order valence-electron chi connectivity index (χ3n) is 2.93. The molecule has 110 valence electrons. The van der Waals surface area contributed by atoms with Crippen molar-refractivity contribution in [2.24, 2.45) is 0 Å². The lowest BCUT2D eigenvalue weighted by Gasteiger charge is -2.13. The monoisotopic (exact) mass is 299 g/mol. The number of ether oxygens (including phenoxy) is 1. The molecule has 0 bridgehead atoms. The Bertz CT molecular complexity index is 787. The number of imide groups is 1. The average Bonchev–Trinajstić information content (AvgIpc) is 2.81. The highest BCUT2D eigenvalue weighted by Gasteiger charge is 2.38. The van der Waals surface area contributed by atoms with E-state index in [9.17, 15) is 14.4 Å². The molecule has 0 N–H and O–H groups in total. The highest BCUT2D eigenvalue weighted by atomic mass is 16.7. The zero-order valence-electron chi connectivity index (χ0n) is 13.2. The third-order valence-corrected chi connectivity index (χ3v) is 2.93. The molecule has 0 atom stereocenters. The van der Waals surface area contributed by atoms with Crippen LogP contribution in [0.4, 0.5) is 0 Å². The molecule has 0 aliphatic carbocycles. The first-order valence-electron chi connectivity index (χ1n) is 7.34. The minimum Gasteiger partial charge on any atom is -0.482 e. The number of carbonyl (C=O) groups excluding carboxylic acids is 3. The number of fused-ring (bicyclic) bond motifs is 1. The van der Waals surface area contributed by atoms with Crippen LogP contribution in [0.15, 0.2) is 54.6 Å². The van der Waals surface area contributed by atoms with Crippen LogP contribution in [0.5, 0.6) is 5.75 Å². The molecule has 6 heteroatoms. The van der Waals surface area contributed by atoms with E-state index in [0.717, 1.165) is 0 Å². The molecule has 1 aliphatic rings. The number of carbonyl (C=O) groups is 3. The van der Waals surface area contributed by atoms with Gasteiger partial charge >= 0.3 is 5.97 Å². The Morgan fingerprint density at radius 2 is 1.50 bits per heavy atom. The van der Waals surface area contributed by atoms with E-state index in [2.05, 4.69) is 4.84 Å². The van der Waals surface area contributed by atoms with Crippen LogP contribution < -0.4 is 4.74 Å². The molecule has 0 fully saturated rings. The van der Waals surface area contributed by atoms with Gasteiger partial charge in [0.05, 0.1) is 13.9 Å². The minimum atomic E-state index is -2.88. The normalized spacial score (nSPS) is 15.0. The summed E-state index contributed by atoms with van der Waals surface area (Å²) in [4.78, 5) is 40.8. The Hall–Kier alpha value is -3.15. The lowest BCUT2D eigenvalue weighted by molar-refractivity contribution is -0.170. The van der Waals surface area contributed by atoms with Crippen LogP contribution in [0, 0.1) is 0 Å². The van der Waals surface area contributed by atoms with Crippen molar-refractivity contribution in [1.29, 1.82) is 0 Å². The molecule has 0 saturated carbocycles. The summed E-state index contributed by atoms with van der Waals surface area (Å²) >= 11 is 0. The highest BCUT2D eigenvalue weighted by Crippen LogP contribution is 2.22. The van der Waals surface area contributed by atoms with Gasteiger partial charge in [0.2, 0.25) is 0 Å². The van der Waals surface area contributed by atoms with E-state index < -0.39 is 24.3 Å². The van der Waals surface area contributed by atoms with Crippen LogP contribution in [0.25, 0.3) is 0 Å². The van der Waals surface area contributed by atoms with Crippen LogP contribution >= 0.6 is 0 Å². The minimum absolute atomic E-state index is 0.0832. The molecule has 2 aromatic rings. The van der Waals surface area contributed by atoms with Crippen molar-refractivity contribution in [2.45, 2.75) is 0 Å². The molecule has 1 heterocycles. The smallest absolute Gasteiger partial charge is 0.370 e. The van der Waals surface area contributed by atoms with Gasteiger partial charge in [-0.15, -0.1) is 0 Å². The zero-order chi connectivity index (χ0) is 17.3. The molecular formula is C16H11NO5. The predicted octanol–water partition coefficient (Wildman–Crippen LogP) is 1.82. The van der Waals surface area contributed by atoms with Crippen molar-refractivity contribution in [2.75, 3.05) is 6.56 Å². The van der Waals surface area contributed by atoms with Gasteiger partial charge in [-0.05, 0) is 24.3 Å². The topological polar surface area (TPSA) is 72.9 Å². The van der Waals surface area contributed by atoms with Crippen molar-refractivity contribution in [3.8, 4) is 5.75 Å². The Morgan fingerprint density at radius 1 is 0.955 bits per heavy atom. The van der Waals surface area contributed by atoms with Gasteiger partial charge in [-0.1, -0.05) is 35.4 Å². The summed E-state index contributed by atoms with van der Waals surface area (Å²) in [6.07, 6.45) is 0. The van der Waals surface area contributed by atoms with Crippen molar-refractivity contribution >= 4 is 17.8 Å². The molecule has 0 spiro atoms. The van der Waals surface area contributed by atoms with E-state index in [1.54, 1.807) is 30.3 Å². The summed E-state index contributed by atoms with van der Waals surface area (Å²) < 4.78 is 20.2. The van der Waals surface area contributed by atoms with E-state index in [1.165, 1.54) is 24.3 Å². The van der Waals surface area contributed by atoms with Crippen molar-refractivity contribution < 1.29 is 26.7 Å². The number of nitrogens with zero attached hydrogens (tertiary/aromatic N) is 1. The summed E-state index contributed by atoms with van der Waals surface area (Å²) in [7, 11) is 0. The molecule has 0 saturated heterocycles. The quantitative estimate of drug-likeness (QED) is 0.805. The maximum Gasteiger partial charge on any atom is 0.370 e. The van der Waals surface area contributed by atoms with Gasteiger partial charge in [-0.2, -0.15) is 0 Å². The number of hydrogen-bond acceptors (Lipinski definition) is 5. The maximum atomic E-state index is 12.1. The molecule has 3 rings (SSSR count). The third kappa shape index (κ3) is 2.54. The fourth-order valence-corrected chi connectivity index (χ4v) is 1.94. The first-order chi connectivity index (χ1) is 11.4. The molecule has 0 aromatic heterocycles. The van der Waals surface area contributed by atoms with E-state index in [1.807, 2.05) is 0 Å². The number of para-hydroxylation sites is 1. The molecule has 6 nitrogen and oxygen atoms in total. The first-order valence-corrected chi connectivity index (χ1v) is 6.34. The van der Waals surface area contributed by atoms with Gasteiger partial charge in [0.25, 0.3) is 11.8 Å². The van der Waals surface area contributed by atoms with Crippen LogP contribution in [0.3, 0.4) is 0 Å². The first kappa shape index (κ1) is 11.5. The zero-order valence-corrected chi connectivity index (χ0v) is 11.2. The van der Waals surface area contributed by atoms with Gasteiger partial charge in [0.15, 0.2) is 6.56 Å². The summed E-state index contributed by atoms with van der Waals surface area (Å²) in [6, 6.07) is 13.7. The van der Waals surface area contributed by atoms with E-state index >= 15 is 0 Å². The van der Waals surface area contributed by atoms with Crippen LogP contribution in [-0.2, 0) is 9.63 Å². The second kappa shape index (κ2) is 5.69. The SMILES string of the molecule is [2H]C([2H])(Oc1ccccc1)C(=O)ON1C(=O)c2ccccc2C1=O. The summed E-state index contributed by atoms with van der Waals surface area (Å²) in [5, 5.41) is 0.235. The molecule has 2 aromatic carbocycles. The van der Waals surface area contributed by atoms with Crippen LogP contribution in [0.2, 0.25) is 0 Å². The molecule has 0 unspecified atom stereocenters. The predicted molar refractivity (Wildman–Crippen MR) is 75.0 cm³/mol. The number of benzene rings is 2. The largest absolute Gasteiger partial charge is 0.482 e. The van der Waals surface area contributed by atoms with Crippen LogP contribution in [-0.4, -0.2) is 29.4 Å². The molecule has 2 amide bonds. The van der Waals surface area contributed by atoms with E-state index in [0.29, 0.717) is 0 Å². The summed E-state index contributed by atoms with van der Waals surface area (Å²) in [5.74, 6) is -3.08. The van der Waals surface area contributed by atoms with Gasteiger partial charge < -0.3 is 9.57 Å². The molecule has 0 radical (unpaired) electrons. The van der Waals surface area contributed by atoms with E-state index in [4.69, 9.17) is 7.48 Å². The lowest BCUT2D eigenvalue weighted by Crippen LogP contribution is -2.34. The van der Waals surface area contributed by atoms with Crippen LogP contribution in [0.1, 0.15) is 23.5 Å². The number of hydrogen-bond donors (Lipinski definition) is 0. The molecule has 1 aliphatic heterocycles. The second-order valence-corrected chi connectivity index (χ2v) is 4.35. The second-order valence-electron chi connectivity index (χ2n) is 4.35. The fraction of sp³-hybridized carbons (Fsp3) is 0.0625.